The first kappa shape index (κ1) is 16.5. The van der Waals surface area contributed by atoms with Gasteiger partial charge in [0, 0.05) is 29.1 Å². The molecule has 2 aliphatic heterocycles. The van der Waals surface area contributed by atoms with E-state index >= 15 is 0 Å². The van der Waals surface area contributed by atoms with E-state index in [1.165, 1.54) is 17.3 Å². The SMILES string of the molecule is CCCC1NC(C(C)CC)C(=O)N1CC1CSCCS1. The van der Waals surface area contributed by atoms with Crippen molar-refractivity contribution in [1.29, 1.82) is 0 Å². The van der Waals surface area contributed by atoms with Crippen LogP contribution in [0.2, 0.25) is 0 Å². The summed E-state index contributed by atoms with van der Waals surface area (Å²) in [5.74, 6) is 4.47. The van der Waals surface area contributed by atoms with Crippen LogP contribution in [0.3, 0.4) is 0 Å². The molecule has 0 aromatic carbocycles. The summed E-state index contributed by atoms with van der Waals surface area (Å²) in [5.41, 5.74) is 0. The fraction of sp³-hybridized carbons (Fsp3) is 0.933. The van der Waals surface area contributed by atoms with Gasteiger partial charge in [-0.25, -0.2) is 0 Å². The largest absolute Gasteiger partial charge is 0.325 e. The van der Waals surface area contributed by atoms with E-state index in [4.69, 9.17) is 0 Å². The maximum atomic E-state index is 12.7. The monoisotopic (exact) mass is 316 g/mol. The first-order valence-corrected chi connectivity index (χ1v) is 10.1. The van der Waals surface area contributed by atoms with Gasteiger partial charge in [-0.1, -0.05) is 33.6 Å². The summed E-state index contributed by atoms with van der Waals surface area (Å²) in [6, 6.07) is 0.0396. The van der Waals surface area contributed by atoms with Gasteiger partial charge in [-0.3, -0.25) is 10.1 Å². The quantitative estimate of drug-likeness (QED) is 0.817. The molecule has 2 saturated heterocycles. The summed E-state index contributed by atoms with van der Waals surface area (Å²) in [6.07, 6.45) is 3.52. The molecule has 2 heterocycles. The highest BCUT2D eigenvalue weighted by molar-refractivity contribution is 8.06. The number of nitrogens with zero attached hydrogens (tertiary/aromatic N) is 1. The minimum atomic E-state index is 0.0396. The van der Waals surface area contributed by atoms with E-state index in [2.05, 4.69) is 31.0 Å². The molecule has 0 bridgehead atoms. The summed E-state index contributed by atoms with van der Waals surface area (Å²) in [6.45, 7) is 7.49. The normalized spacial score (nSPS) is 32.6. The molecule has 2 fully saturated rings. The second-order valence-corrected chi connectivity index (χ2v) is 8.45. The smallest absolute Gasteiger partial charge is 0.241 e. The molecule has 0 aromatic heterocycles. The van der Waals surface area contributed by atoms with Gasteiger partial charge in [0.15, 0.2) is 0 Å². The fourth-order valence-corrected chi connectivity index (χ4v) is 5.60. The summed E-state index contributed by atoms with van der Waals surface area (Å²) >= 11 is 4.08. The average Bonchev–Trinajstić information content (AvgIpc) is 2.77. The number of carbonyl (C=O) groups is 1. The molecule has 4 atom stereocenters. The summed E-state index contributed by atoms with van der Waals surface area (Å²) in [5, 5.41) is 4.21. The topological polar surface area (TPSA) is 32.3 Å². The molecule has 2 rings (SSSR count). The van der Waals surface area contributed by atoms with E-state index in [9.17, 15) is 4.79 Å². The molecule has 5 heteroatoms. The second-order valence-electron chi connectivity index (χ2n) is 5.89. The maximum absolute atomic E-state index is 12.7. The van der Waals surface area contributed by atoms with Crippen LogP contribution >= 0.6 is 23.5 Å². The third kappa shape index (κ3) is 3.86. The lowest BCUT2D eigenvalue weighted by Gasteiger charge is -2.30. The lowest BCUT2D eigenvalue weighted by Crippen LogP contribution is -2.42. The number of carbonyl (C=O) groups excluding carboxylic acids is 1. The van der Waals surface area contributed by atoms with Gasteiger partial charge in [-0.2, -0.15) is 23.5 Å². The minimum absolute atomic E-state index is 0.0396. The van der Waals surface area contributed by atoms with Crippen LogP contribution in [0.5, 0.6) is 0 Å². The first-order valence-electron chi connectivity index (χ1n) is 7.93. The average molecular weight is 317 g/mol. The van der Waals surface area contributed by atoms with Gasteiger partial charge >= 0.3 is 0 Å². The van der Waals surface area contributed by atoms with Crippen LogP contribution in [0.4, 0.5) is 0 Å². The Labute approximate surface area is 132 Å². The molecular formula is C15H28N2OS2. The zero-order valence-electron chi connectivity index (χ0n) is 12.9. The van der Waals surface area contributed by atoms with Gasteiger partial charge in [0.25, 0.3) is 0 Å². The van der Waals surface area contributed by atoms with Gasteiger partial charge < -0.3 is 4.90 Å². The van der Waals surface area contributed by atoms with E-state index in [-0.39, 0.29) is 12.2 Å². The molecular weight excluding hydrogens is 288 g/mol. The predicted octanol–water partition coefficient (Wildman–Crippen LogP) is 2.81. The summed E-state index contributed by atoms with van der Waals surface area (Å²) in [7, 11) is 0. The van der Waals surface area contributed by atoms with Crippen molar-refractivity contribution in [2.24, 2.45) is 5.92 Å². The van der Waals surface area contributed by atoms with E-state index in [0.29, 0.717) is 17.1 Å². The van der Waals surface area contributed by atoms with Crippen molar-refractivity contribution in [3.63, 3.8) is 0 Å². The van der Waals surface area contributed by atoms with Crippen LogP contribution < -0.4 is 5.32 Å². The number of thioether (sulfide) groups is 2. The Balaban J connectivity index is 2.00. The van der Waals surface area contributed by atoms with Crippen molar-refractivity contribution in [2.75, 3.05) is 23.8 Å². The van der Waals surface area contributed by atoms with Gasteiger partial charge in [-0.05, 0) is 12.3 Å². The molecule has 0 aromatic rings. The van der Waals surface area contributed by atoms with Gasteiger partial charge in [0.05, 0.1) is 12.2 Å². The molecule has 0 spiro atoms. The van der Waals surface area contributed by atoms with Crippen LogP contribution in [-0.4, -0.2) is 52.1 Å². The van der Waals surface area contributed by atoms with Crippen LogP contribution in [0.15, 0.2) is 0 Å². The van der Waals surface area contributed by atoms with Crippen LogP contribution in [0.1, 0.15) is 40.0 Å². The molecule has 4 unspecified atom stereocenters. The lowest BCUT2D eigenvalue weighted by molar-refractivity contribution is -0.130. The van der Waals surface area contributed by atoms with Crippen molar-refractivity contribution < 1.29 is 4.79 Å². The van der Waals surface area contributed by atoms with Crippen LogP contribution in [0.25, 0.3) is 0 Å². The molecule has 2 aliphatic rings. The van der Waals surface area contributed by atoms with Crippen molar-refractivity contribution >= 4 is 29.4 Å². The Hall–Kier alpha value is 0.130. The molecule has 1 N–H and O–H groups in total. The third-order valence-corrected chi connectivity index (χ3v) is 7.18. The molecule has 116 valence electrons. The first-order chi connectivity index (χ1) is 9.67. The van der Waals surface area contributed by atoms with Crippen molar-refractivity contribution in [2.45, 2.75) is 57.5 Å². The van der Waals surface area contributed by atoms with Crippen molar-refractivity contribution in [3.05, 3.63) is 0 Å². The van der Waals surface area contributed by atoms with Crippen molar-refractivity contribution in [3.8, 4) is 0 Å². The second kappa shape index (κ2) is 7.95. The van der Waals surface area contributed by atoms with Gasteiger partial charge in [-0.15, -0.1) is 0 Å². The number of hydrogen-bond acceptors (Lipinski definition) is 4. The summed E-state index contributed by atoms with van der Waals surface area (Å²) in [4.78, 5) is 14.9. The molecule has 20 heavy (non-hydrogen) atoms. The fourth-order valence-electron chi connectivity index (χ4n) is 2.94. The molecule has 1 amide bonds. The molecule has 3 nitrogen and oxygen atoms in total. The van der Waals surface area contributed by atoms with Gasteiger partial charge in [0.2, 0.25) is 5.91 Å². The highest BCUT2D eigenvalue weighted by atomic mass is 32.2. The van der Waals surface area contributed by atoms with Crippen molar-refractivity contribution in [1.82, 2.24) is 10.2 Å². The number of rotatable bonds is 6. The summed E-state index contributed by atoms with van der Waals surface area (Å²) < 4.78 is 0. The third-order valence-electron chi connectivity index (χ3n) is 4.36. The van der Waals surface area contributed by atoms with E-state index in [1.54, 1.807) is 0 Å². The zero-order valence-corrected chi connectivity index (χ0v) is 14.6. The Morgan fingerprint density at radius 2 is 2.20 bits per heavy atom. The lowest BCUT2D eigenvalue weighted by atomic mass is 9.99. The Bertz CT molecular complexity index is 321. The number of amides is 1. The van der Waals surface area contributed by atoms with Crippen LogP contribution in [-0.2, 0) is 4.79 Å². The van der Waals surface area contributed by atoms with Gasteiger partial charge in [0.1, 0.15) is 0 Å². The number of nitrogens with one attached hydrogen (secondary N) is 1. The van der Waals surface area contributed by atoms with E-state index in [1.807, 2.05) is 23.5 Å². The highest BCUT2D eigenvalue weighted by Gasteiger charge is 2.41. The molecule has 0 saturated carbocycles. The molecule has 0 radical (unpaired) electrons. The standard InChI is InChI=1S/C15H28N2OS2/c1-4-6-13-16-14(11(3)5-2)15(18)17(13)9-12-10-19-7-8-20-12/h11-14,16H,4-10H2,1-3H3. The predicted molar refractivity (Wildman–Crippen MR) is 90.4 cm³/mol. The minimum Gasteiger partial charge on any atom is -0.325 e. The highest BCUT2D eigenvalue weighted by Crippen LogP contribution is 2.28. The zero-order chi connectivity index (χ0) is 14.5. The van der Waals surface area contributed by atoms with Crippen LogP contribution in [0, 0.1) is 5.92 Å². The Kier molecular flexibility index (Phi) is 6.56. The number of hydrogen-bond donors (Lipinski definition) is 1. The van der Waals surface area contributed by atoms with E-state index < -0.39 is 0 Å². The Morgan fingerprint density at radius 1 is 1.40 bits per heavy atom. The Morgan fingerprint density at radius 3 is 2.80 bits per heavy atom. The maximum Gasteiger partial charge on any atom is 0.241 e. The van der Waals surface area contributed by atoms with E-state index in [0.717, 1.165) is 25.8 Å². The molecule has 0 aliphatic carbocycles.